The number of aromatic hydroxyl groups is 1. The summed E-state index contributed by atoms with van der Waals surface area (Å²) in [5, 5.41) is 13.3. The number of nitrogens with one attached hydrogen (secondary N) is 1. The van der Waals surface area contributed by atoms with Gasteiger partial charge in [0.1, 0.15) is 5.75 Å². The van der Waals surface area contributed by atoms with Gasteiger partial charge in [-0.2, -0.15) is 0 Å². The average Bonchev–Trinajstić information content (AvgIpc) is 2.47. The molecule has 0 unspecified atom stereocenters. The van der Waals surface area contributed by atoms with Crippen LogP contribution in [-0.4, -0.2) is 11.0 Å². The molecule has 4 heteroatoms. The van der Waals surface area contributed by atoms with Gasteiger partial charge < -0.3 is 10.4 Å². The Morgan fingerprint density at radius 1 is 1.10 bits per heavy atom. The van der Waals surface area contributed by atoms with E-state index in [0.717, 1.165) is 5.56 Å². The Morgan fingerprint density at radius 3 is 2.24 bits per heavy atom. The summed E-state index contributed by atoms with van der Waals surface area (Å²) in [6, 6.07) is 10.3. The van der Waals surface area contributed by atoms with Crippen molar-refractivity contribution in [2.45, 2.75) is 27.7 Å². The number of phenols is 1. The third kappa shape index (κ3) is 4.50. The fourth-order valence-electron chi connectivity index (χ4n) is 1.86. The van der Waals surface area contributed by atoms with Crippen molar-refractivity contribution >= 4 is 23.2 Å². The lowest BCUT2D eigenvalue weighted by Gasteiger charge is -2.10. The zero-order chi connectivity index (χ0) is 16.0. The number of carbonyl (C=O) groups is 1. The number of carbonyl (C=O) groups excluding carboxylic acids is 1. The van der Waals surface area contributed by atoms with Gasteiger partial charge in [-0.05, 0) is 55.3 Å². The van der Waals surface area contributed by atoms with Gasteiger partial charge in [-0.25, -0.2) is 0 Å². The van der Waals surface area contributed by atoms with E-state index >= 15 is 0 Å². The molecule has 112 valence electrons. The highest BCUT2D eigenvalue weighted by molar-refractivity contribution is 6.30. The molecular formula is C17H20ClNO2. The van der Waals surface area contributed by atoms with Gasteiger partial charge in [-0.3, -0.25) is 4.79 Å². The summed E-state index contributed by atoms with van der Waals surface area (Å²) in [6.45, 7) is 7.65. The zero-order valence-corrected chi connectivity index (χ0v) is 13.5. The lowest BCUT2D eigenvalue weighted by molar-refractivity contribution is 0.102. The predicted molar refractivity (Wildman–Crippen MR) is 88.3 cm³/mol. The molecule has 2 N–H and O–H groups in total. The summed E-state index contributed by atoms with van der Waals surface area (Å²) in [5.41, 5.74) is 2.51. The molecule has 0 atom stereocenters. The molecular weight excluding hydrogens is 286 g/mol. The fourth-order valence-corrected chi connectivity index (χ4v) is 1.99. The number of aryl methyl sites for hydroxylation is 2. The fraction of sp³-hybridized carbons (Fsp3) is 0.235. The Kier molecular flexibility index (Phi) is 6.25. The number of amides is 1. The Balaban J connectivity index is 0.00000106. The third-order valence-electron chi connectivity index (χ3n) is 2.79. The molecule has 1 amide bonds. The van der Waals surface area contributed by atoms with E-state index < -0.39 is 0 Å². The molecule has 0 aliphatic carbocycles. The molecule has 2 aromatic carbocycles. The molecule has 2 aromatic rings. The summed E-state index contributed by atoms with van der Waals surface area (Å²) in [6.07, 6.45) is 0. The van der Waals surface area contributed by atoms with Crippen LogP contribution in [0.5, 0.6) is 5.75 Å². The summed E-state index contributed by atoms with van der Waals surface area (Å²) in [5.74, 6) is -0.330. The highest BCUT2D eigenvalue weighted by atomic mass is 35.5. The second-order valence-corrected chi connectivity index (χ2v) is 4.88. The number of phenolic OH excluding ortho intramolecular Hbond substituents is 1. The first kappa shape index (κ1) is 17.1. The Morgan fingerprint density at radius 2 is 1.67 bits per heavy atom. The molecule has 0 heterocycles. The van der Waals surface area contributed by atoms with Gasteiger partial charge in [0, 0.05) is 10.7 Å². The molecule has 0 saturated carbocycles. The van der Waals surface area contributed by atoms with E-state index in [1.54, 1.807) is 37.3 Å². The second kappa shape index (κ2) is 7.70. The first-order valence-corrected chi connectivity index (χ1v) is 7.22. The van der Waals surface area contributed by atoms with E-state index in [2.05, 4.69) is 5.32 Å². The highest BCUT2D eigenvalue weighted by Gasteiger charge is 2.13. The van der Waals surface area contributed by atoms with Crippen molar-refractivity contribution < 1.29 is 9.90 Å². The van der Waals surface area contributed by atoms with Crippen LogP contribution in [0.2, 0.25) is 5.02 Å². The molecule has 0 spiro atoms. The molecule has 2 rings (SSSR count). The topological polar surface area (TPSA) is 49.3 Å². The van der Waals surface area contributed by atoms with Crippen molar-refractivity contribution in [1.82, 2.24) is 0 Å². The molecule has 3 nitrogen and oxygen atoms in total. The van der Waals surface area contributed by atoms with E-state index in [9.17, 15) is 9.90 Å². The van der Waals surface area contributed by atoms with Crippen LogP contribution >= 0.6 is 11.6 Å². The molecule has 0 bridgehead atoms. The number of benzene rings is 2. The van der Waals surface area contributed by atoms with Crippen LogP contribution in [0.15, 0.2) is 36.4 Å². The van der Waals surface area contributed by atoms with Crippen LogP contribution in [-0.2, 0) is 0 Å². The van der Waals surface area contributed by atoms with Crippen molar-refractivity contribution in [2.24, 2.45) is 0 Å². The maximum atomic E-state index is 12.1. The van der Waals surface area contributed by atoms with Crippen LogP contribution in [0.3, 0.4) is 0 Å². The normalized spacial score (nSPS) is 9.57. The molecule has 0 fully saturated rings. The van der Waals surface area contributed by atoms with Gasteiger partial charge >= 0.3 is 0 Å². The molecule has 0 aliphatic heterocycles. The quantitative estimate of drug-likeness (QED) is 0.825. The van der Waals surface area contributed by atoms with Gasteiger partial charge in [-0.1, -0.05) is 31.5 Å². The highest BCUT2D eigenvalue weighted by Crippen LogP contribution is 2.25. The minimum atomic E-state index is -0.341. The average molecular weight is 306 g/mol. The standard InChI is InChI=1S/C15H14ClNO2.C2H6/c1-9-7-10(2)14(18)13(8-9)15(19)17-12-5-3-11(16)4-6-12;1-2/h3-8,18H,1-2H3,(H,17,19);1-2H3. The van der Waals surface area contributed by atoms with E-state index in [-0.39, 0.29) is 17.2 Å². The number of rotatable bonds is 2. The van der Waals surface area contributed by atoms with Gasteiger partial charge in [-0.15, -0.1) is 0 Å². The number of halogens is 1. The smallest absolute Gasteiger partial charge is 0.259 e. The largest absolute Gasteiger partial charge is 0.507 e. The van der Waals surface area contributed by atoms with E-state index in [1.807, 2.05) is 26.8 Å². The van der Waals surface area contributed by atoms with Crippen molar-refractivity contribution in [3.63, 3.8) is 0 Å². The van der Waals surface area contributed by atoms with Crippen LogP contribution < -0.4 is 5.32 Å². The van der Waals surface area contributed by atoms with Crippen molar-refractivity contribution in [3.05, 3.63) is 58.1 Å². The summed E-state index contributed by atoms with van der Waals surface area (Å²) in [7, 11) is 0. The molecule has 0 radical (unpaired) electrons. The predicted octanol–water partition coefficient (Wildman–Crippen LogP) is 4.94. The lowest BCUT2D eigenvalue weighted by Crippen LogP contribution is -2.12. The Bertz CT molecular complexity index is 621. The van der Waals surface area contributed by atoms with Gasteiger partial charge in [0.25, 0.3) is 5.91 Å². The minimum absolute atomic E-state index is 0.0112. The van der Waals surface area contributed by atoms with Crippen LogP contribution in [0.1, 0.15) is 35.3 Å². The first-order valence-electron chi connectivity index (χ1n) is 6.84. The van der Waals surface area contributed by atoms with E-state index in [1.165, 1.54) is 0 Å². The van der Waals surface area contributed by atoms with E-state index in [0.29, 0.717) is 16.3 Å². The van der Waals surface area contributed by atoms with Crippen LogP contribution in [0.4, 0.5) is 5.69 Å². The van der Waals surface area contributed by atoms with Crippen molar-refractivity contribution in [1.29, 1.82) is 0 Å². The van der Waals surface area contributed by atoms with Crippen LogP contribution in [0.25, 0.3) is 0 Å². The maximum Gasteiger partial charge on any atom is 0.259 e. The first-order chi connectivity index (χ1) is 9.97. The lowest BCUT2D eigenvalue weighted by atomic mass is 10.0. The molecule has 21 heavy (non-hydrogen) atoms. The van der Waals surface area contributed by atoms with Gasteiger partial charge in [0.15, 0.2) is 0 Å². The van der Waals surface area contributed by atoms with Gasteiger partial charge in [0.2, 0.25) is 0 Å². The Labute approximate surface area is 130 Å². The zero-order valence-electron chi connectivity index (χ0n) is 12.7. The van der Waals surface area contributed by atoms with Crippen molar-refractivity contribution in [2.75, 3.05) is 5.32 Å². The van der Waals surface area contributed by atoms with E-state index in [4.69, 9.17) is 11.6 Å². The minimum Gasteiger partial charge on any atom is -0.507 e. The second-order valence-electron chi connectivity index (χ2n) is 4.44. The SMILES string of the molecule is CC.Cc1cc(C)c(O)c(C(=O)Nc2ccc(Cl)cc2)c1. The van der Waals surface area contributed by atoms with Gasteiger partial charge in [0.05, 0.1) is 5.56 Å². The van der Waals surface area contributed by atoms with Crippen LogP contribution in [0, 0.1) is 13.8 Å². The number of anilines is 1. The number of hydrogen-bond acceptors (Lipinski definition) is 2. The third-order valence-corrected chi connectivity index (χ3v) is 3.04. The molecule has 0 aliphatic rings. The monoisotopic (exact) mass is 305 g/mol. The summed E-state index contributed by atoms with van der Waals surface area (Å²) >= 11 is 5.78. The number of hydrogen-bond donors (Lipinski definition) is 2. The van der Waals surface area contributed by atoms with Crippen molar-refractivity contribution in [3.8, 4) is 5.75 Å². The molecule has 0 saturated heterocycles. The molecule has 0 aromatic heterocycles. The maximum absolute atomic E-state index is 12.1. The Hall–Kier alpha value is -2.00. The summed E-state index contributed by atoms with van der Waals surface area (Å²) < 4.78 is 0. The summed E-state index contributed by atoms with van der Waals surface area (Å²) in [4.78, 5) is 12.1.